The number of rotatable bonds is 4. The van der Waals surface area contributed by atoms with Gasteiger partial charge in [-0.2, -0.15) is 0 Å². The third-order valence-corrected chi connectivity index (χ3v) is 2.42. The quantitative estimate of drug-likeness (QED) is 0.795. The molecule has 4 nitrogen and oxygen atoms in total. The van der Waals surface area contributed by atoms with Gasteiger partial charge in [0.05, 0.1) is 25.9 Å². The van der Waals surface area contributed by atoms with Gasteiger partial charge >= 0.3 is 0 Å². The van der Waals surface area contributed by atoms with Crippen molar-refractivity contribution in [1.29, 1.82) is 0 Å². The summed E-state index contributed by atoms with van der Waals surface area (Å²) >= 11 is 0. The highest BCUT2D eigenvalue weighted by molar-refractivity contribution is 5.80. The Hall–Kier alpha value is -1.13. The average molecular weight is 209 g/mol. The topological polar surface area (TPSA) is 51.5 Å². The van der Waals surface area contributed by atoms with Crippen molar-refractivity contribution in [3.63, 3.8) is 0 Å². The fourth-order valence-electron chi connectivity index (χ4n) is 1.71. The fourth-order valence-corrected chi connectivity index (χ4v) is 1.71. The number of ketones is 1. The molecule has 1 unspecified atom stereocenters. The minimum Gasteiger partial charge on any atom is -0.469 e. The van der Waals surface area contributed by atoms with E-state index in [4.69, 9.17) is 9.15 Å². The Labute approximate surface area is 88.6 Å². The van der Waals surface area contributed by atoms with Crippen LogP contribution < -0.4 is 5.32 Å². The Morgan fingerprint density at radius 1 is 1.60 bits per heavy atom. The molecular weight excluding hydrogens is 194 g/mol. The van der Waals surface area contributed by atoms with Crippen molar-refractivity contribution in [2.75, 3.05) is 19.8 Å². The molecule has 0 saturated carbocycles. The summed E-state index contributed by atoms with van der Waals surface area (Å²) in [5.41, 5.74) is 0. The van der Waals surface area contributed by atoms with Gasteiger partial charge in [0.2, 0.25) is 0 Å². The van der Waals surface area contributed by atoms with Crippen LogP contribution in [0.4, 0.5) is 0 Å². The number of Topliss-reactive ketones (excluding diaryl/α,β-unsaturated/α-hetero) is 1. The summed E-state index contributed by atoms with van der Waals surface area (Å²) in [5.74, 6) is 0.921. The molecular formula is C11H15NO3. The molecule has 0 spiro atoms. The van der Waals surface area contributed by atoms with E-state index < -0.39 is 0 Å². The number of furan rings is 1. The van der Waals surface area contributed by atoms with Crippen molar-refractivity contribution in [3.05, 3.63) is 24.2 Å². The second-order valence-electron chi connectivity index (χ2n) is 3.72. The van der Waals surface area contributed by atoms with Gasteiger partial charge in [0, 0.05) is 19.0 Å². The van der Waals surface area contributed by atoms with Crippen LogP contribution in [0.1, 0.15) is 12.2 Å². The van der Waals surface area contributed by atoms with Crippen molar-refractivity contribution in [3.8, 4) is 0 Å². The predicted molar refractivity (Wildman–Crippen MR) is 54.6 cm³/mol. The highest BCUT2D eigenvalue weighted by Gasteiger charge is 2.17. The molecule has 1 aromatic heterocycles. The summed E-state index contributed by atoms with van der Waals surface area (Å²) in [5, 5.41) is 3.25. The normalized spacial score (nSPS) is 21.5. The van der Waals surface area contributed by atoms with E-state index in [1.165, 1.54) is 0 Å². The zero-order chi connectivity index (χ0) is 10.5. The SMILES string of the molecule is O=C(Cc1ccco1)CC1COCCN1. The molecule has 1 saturated heterocycles. The van der Waals surface area contributed by atoms with Gasteiger partial charge in [0.15, 0.2) is 0 Å². The van der Waals surface area contributed by atoms with Crippen molar-refractivity contribution in [2.45, 2.75) is 18.9 Å². The molecule has 2 rings (SSSR count). The fraction of sp³-hybridized carbons (Fsp3) is 0.545. The molecule has 0 aliphatic carbocycles. The second kappa shape index (κ2) is 5.09. The highest BCUT2D eigenvalue weighted by atomic mass is 16.5. The summed E-state index contributed by atoms with van der Waals surface area (Å²) in [6.45, 7) is 2.20. The molecule has 1 aliphatic rings. The van der Waals surface area contributed by atoms with Crippen LogP contribution in [0.3, 0.4) is 0 Å². The number of morpholine rings is 1. The van der Waals surface area contributed by atoms with Crippen LogP contribution in [0.15, 0.2) is 22.8 Å². The summed E-state index contributed by atoms with van der Waals surface area (Å²) < 4.78 is 10.4. The van der Waals surface area contributed by atoms with Gasteiger partial charge in [0.25, 0.3) is 0 Å². The van der Waals surface area contributed by atoms with Crippen LogP contribution in [0, 0.1) is 0 Å². The molecule has 0 amide bonds. The highest BCUT2D eigenvalue weighted by Crippen LogP contribution is 2.06. The van der Waals surface area contributed by atoms with Crippen molar-refractivity contribution >= 4 is 5.78 Å². The van der Waals surface area contributed by atoms with E-state index in [0.29, 0.717) is 19.4 Å². The van der Waals surface area contributed by atoms with Crippen LogP contribution >= 0.6 is 0 Å². The van der Waals surface area contributed by atoms with Crippen LogP contribution in [0.2, 0.25) is 0 Å². The Morgan fingerprint density at radius 3 is 3.20 bits per heavy atom. The van der Waals surface area contributed by atoms with Gasteiger partial charge in [-0.15, -0.1) is 0 Å². The zero-order valence-electron chi connectivity index (χ0n) is 8.57. The minimum absolute atomic E-state index is 0.168. The van der Waals surface area contributed by atoms with Crippen LogP contribution in [0.5, 0.6) is 0 Å². The molecule has 0 aromatic carbocycles. The lowest BCUT2D eigenvalue weighted by Crippen LogP contribution is -2.42. The molecule has 1 aromatic rings. The van der Waals surface area contributed by atoms with Crippen molar-refractivity contribution in [1.82, 2.24) is 5.32 Å². The van der Waals surface area contributed by atoms with Crippen molar-refractivity contribution < 1.29 is 13.9 Å². The van der Waals surface area contributed by atoms with E-state index in [0.717, 1.165) is 18.9 Å². The Balaban J connectivity index is 1.76. The summed E-state index contributed by atoms with van der Waals surface area (Å²) in [6, 6.07) is 3.79. The Bertz CT molecular complexity index is 302. The molecule has 1 fully saturated rings. The number of carbonyl (C=O) groups is 1. The summed E-state index contributed by atoms with van der Waals surface area (Å²) in [6.07, 6.45) is 2.48. The zero-order valence-corrected chi connectivity index (χ0v) is 8.57. The van der Waals surface area contributed by atoms with Gasteiger partial charge < -0.3 is 14.5 Å². The molecule has 0 radical (unpaired) electrons. The average Bonchev–Trinajstić information content (AvgIpc) is 2.71. The summed E-state index contributed by atoms with van der Waals surface area (Å²) in [7, 11) is 0. The maximum atomic E-state index is 11.6. The molecule has 4 heteroatoms. The third kappa shape index (κ3) is 3.18. The largest absolute Gasteiger partial charge is 0.469 e. The molecule has 1 atom stereocenters. The Kier molecular flexibility index (Phi) is 3.53. The maximum absolute atomic E-state index is 11.6. The molecule has 15 heavy (non-hydrogen) atoms. The number of hydrogen-bond acceptors (Lipinski definition) is 4. The first-order valence-corrected chi connectivity index (χ1v) is 5.20. The van der Waals surface area contributed by atoms with Gasteiger partial charge in [0.1, 0.15) is 11.5 Å². The lowest BCUT2D eigenvalue weighted by molar-refractivity contribution is -0.119. The van der Waals surface area contributed by atoms with E-state index in [-0.39, 0.29) is 11.8 Å². The van der Waals surface area contributed by atoms with Gasteiger partial charge in [-0.1, -0.05) is 0 Å². The minimum atomic E-state index is 0.168. The lowest BCUT2D eigenvalue weighted by Gasteiger charge is -2.22. The number of hydrogen-bond donors (Lipinski definition) is 1. The molecule has 1 aliphatic heterocycles. The van der Waals surface area contributed by atoms with Gasteiger partial charge in [-0.05, 0) is 12.1 Å². The first-order chi connectivity index (χ1) is 7.34. The van der Waals surface area contributed by atoms with Crippen LogP contribution in [-0.4, -0.2) is 31.6 Å². The molecule has 1 N–H and O–H groups in total. The third-order valence-electron chi connectivity index (χ3n) is 2.42. The molecule has 2 heterocycles. The number of carbonyl (C=O) groups excluding carboxylic acids is 1. The summed E-state index contributed by atoms with van der Waals surface area (Å²) in [4.78, 5) is 11.6. The molecule has 82 valence electrons. The van der Waals surface area contributed by atoms with Crippen molar-refractivity contribution in [2.24, 2.45) is 0 Å². The first-order valence-electron chi connectivity index (χ1n) is 5.20. The van der Waals surface area contributed by atoms with E-state index in [2.05, 4.69) is 5.32 Å². The van der Waals surface area contributed by atoms with E-state index in [1.807, 2.05) is 6.07 Å². The molecule has 0 bridgehead atoms. The van der Waals surface area contributed by atoms with Gasteiger partial charge in [-0.3, -0.25) is 4.79 Å². The Morgan fingerprint density at radius 2 is 2.53 bits per heavy atom. The second-order valence-corrected chi connectivity index (χ2v) is 3.72. The number of nitrogens with one attached hydrogen (secondary N) is 1. The maximum Gasteiger partial charge on any atom is 0.142 e. The van der Waals surface area contributed by atoms with Crippen LogP contribution in [0.25, 0.3) is 0 Å². The van der Waals surface area contributed by atoms with Crippen LogP contribution in [-0.2, 0) is 16.0 Å². The monoisotopic (exact) mass is 209 g/mol. The van der Waals surface area contributed by atoms with E-state index in [9.17, 15) is 4.79 Å². The van der Waals surface area contributed by atoms with Gasteiger partial charge in [-0.25, -0.2) is 0 Å². The standard InChI is InChI=1S/C11H15NO3/c13-10(7-11-2-1-4-15-11)6-9-8-14-5-3-12-9/h1-2,4,9,12H,3,5-8H2. The smallest absolute Gasteiger partial charge is 0.142 e. The van der Waals surface area contributed by atoms with E-state index >= 15 is 0 Å². The number of ether oxygens (including phenoxy) is 1. The lowest BCUT2D eigenvalue weighted by atomic mass is 10.1. The predicted octanol–water partition coefficient (Wildman–Crippen LogP) is 0.770. The first kappa shape index (κ1) is 10.4. The van der Waals surface area contributed by atoms with E-state index in [1.54, 1.807) is 12.3 Å².